The zero-order valence-electron chi connectivity index (χ0n) is 18.6. The summed E-state index contributed by atoms with van der Waals surface area (Å²) in [6, 6.07) is 10.1. The van der Waals surface area contributed by atoms with Crippen molar-refractivity contribution in [3.8, 4) is 33.6 Å². The van der Waals surface area contributed by atoms with E-state index >= 15 is 0 Å². The van der Waals surface area contributed by atoms with Crippen LogP contribution < -0.4 is 5.32 Å². The molecule has 2 N–H and O–H groups in total. The lowest BCUT2D eigenvalue weighted by Crippen LogP contribution is -2.08. The number of amides is 1. The van der Waals surface area contributed by atoms with Gasteiger partial charge in [-0.05, 0) is 42.3 Å². The van der Waals surface area contributed by atoms with Crippen LogP contribution in [0.3, 0.4) is 0 Å². The van der Waals surface area contributed by atoms with Crippen LogP contribution in [0.25, 0.3) is 44.7 Å². The maximum Gasteiger partial charge on any atom is 0.247 e. The number of anilines is 1. The van der Waals surface area contributed by atoms with Crippen LogP contribution in [0.2, 0.25) is 0 Å². The van der Waals surface area contributed by atoms with Gasteiger partial charge < -0.3 is 10.3 Å². The normalized spacial score (nSPS) is 11.1. The number of carbonyl (C=O) groups excluding carboxylic acids is 1. The van der Waals surface area contributed by atoms with Gasteiger partial charge >= 0.3 is 0 Å². The van der Waals surface area contributed by atoms with Crippen LogP contribution in [0, 0.1) is 6.92 Å². The number of nitrogens with zero attached hydrogens (tertiary/aromatic N) is 5. The molecule has 4 heterocycles. The van der Waals surface area contributed by atoms with Gasteiger partial charge in [-0.3, -0.25) is 14.2 Å². The molecule has 1 amide bonds. The van der Waals surface area contributed by atoms with Crippen LogP contribution in [0.4, 0.5) is 5.69 Å². The number of pyridine rings is 1. The first-order chi connectivity index (χ1) is 15.9. The Morgan fingerprint density at radius 3 is 2.64 bits per heavy atom. The molecule has 5 rings (SSSR count). The molecule has 8 heteroatoms. The third kappa shape index (κ3) is 3.71. The molecule has 0 aliphatic rings. The molecule has 4 aromatic heterocycles. The number of benzene rings is 1. The van der Waals surface area contributed by atoms with Gasteiger partial charge in [-0.15, -0.1) is 0 Å². The van der Waals surface area contributed by atoms with Crippen molar-refractivity contribution in [1.82, 2.24) is 29.5 Å². The van der Waals surface area contributed by atoms with Gasteiger partial charge in [0.1, 0.15) is 5.65 Å². The van der Waals surface area contributed by atoms with Gasteiger partial charge in [-0.2, -0.15) is 10.2 Å². The topological polar surface area (TPSA) is 93.4 Å². The minimum absolute atomic E-state index is 0.249. The molecule has 0 aliphatic carbocycles. The SMILES string of the molecule is C=CC(=O)Nc1cc(-c2c(-c3cnn(C)c3)[nH]c3ncc(-c4ccn(C)n4)cc23)ccc1C. The number of H-pyrrole nitrogens is 1. The summed E-state index contributed by atoms with van der Waals surface area (Å²) in [6.45, 7) is 5.51. The Hall–Kier alpha value is -4.46. The van der Waals surface area contributed by atoms with Crippen molar-refractivity contribution in [2.24, 2.45) is 14.1 Å². The summed E-state index contributed by atoms with van der Waals surface area (Å²) in [6.07, 6.45) is 8.78. The molecule has 0 atom stereocenters. The smallest absolute Gasteiger partial charge is 0.247 e. The summed E-state index contributed by atoms with van der Waals surface area (Å²) < 4.78 is 3.54. The molecule has 1 aromatic carbocycles. The van der Waals surface area contributed by atoms with Gasteiger partial charge in [-0.25, -0.2) is 4.98 Å². The summed E-state index contributed by atoms with van der Waals surface area (Å²) in [4.78, 5) is 20.1. The molecular formula is C25H23N7O. The fraction of sp³-hybridized carbons (Fsp3) is 0.120. The molecule has 0 saturated heterocycles. The molecule has 0 bridgehead atoms. The zero-order valence-corrected chi connectivity index (χ0v) is 18.6. The molecule has 0 radical (unpaired) electrons. The number of aryl methyl sites for hydroxylation is 3. The van der Waals surface area contributed by atoms with E-state index in [0.717, 1.165) is 55.9 Å². The summed E-state index contributed by atoms with van der Waals surface area (Å²) in [5, 5.41) is 12.7. The quantitative estimate of drug-likeness (QED) is 0.397. The van der Waals surface area contributed by atoms with Crippen molar-refractivity contribution in [2.75, 3.05) is 5.32 Å². The molecule has 0 spiro atoms. The maximum absolute atomic E-state index is 12.0. The number of nitrogens with one attached hydrogen (secondary N) is 2. The monoisotopic (exact) mass is 437 g/mol. The Labute approximate surface area is 190 Å². The Kier molecular flexibility index (Phi) is 4.90. The Morgan fingerprint density at radius 1 is 1.09 bits per heavy atom. The van der Waals surface area contributed by atoms with Crippen LogP contribution in [0.5, 0.6) is 0 Å². The first-order valence-corrected chi connectivity index (χ1v) is 10.5. The molecule has 0 saturated carbocycles. The second-order valence-corrected chi connectivity index (χ2v) is 8.00. The van der Waals surface area contributed by atoms with Crippen molar-refractivity contribution in [2.45, 2.75) is 6.92 Å². The molecule has 0 fully saturated rings. The average Bonchev–Trinajstić information content (AvgIpc) is 3.52. The highest BCUT2D eigenvalue weighted by molar-refractivity contribution is 6.05. The molecule has 5 aromatic rings. The van der Waals surface area contributed by atoms with Gasteiger partial charge in [0, 0.05) is 60.4 Å². The summed E-state index contributed by atoms with van der Waals surface area (Å²) in [7, 11) is 3.78. The molecule has 0 unspecified atom stereocenters. The zero-order chi connectivity index (χ0) is 23.1. The van der Waals surface area contributed by atoms with Crippen molar-refractivity contribution in [3.05, 3.63) is 73.3 Å². The largest absolute Gasteiger partial charge is 0.339 e. The van der Waals surface area contributed by atoms with Gasteiger partial charge in [-0.1, -0.05) is 18.7 Å². The van der Waals surface area contributed by atoms with E-state index in [1.807, 2.05) is 64.0 Å². The van der Waals surface area contributed by atoms with E-state index in [-0.39, 0.29) is 5.91 Å². The molecule has 0 aliphatic heterocycles. The Morgan fingerprint density at radius 2 is 1.94 bits per heavy atom. The standard InChI is InChI=1S/C25H23N7O/c1-5-22(33)28-21-11-16(7-6-15(21)2)23-19-10-17(20-8-9-31(3)30-20)12-26-25(19)29-24(23)18-13-27-32(4)14-18/h5-14H,1H2,2-4H3,(H,26,29)(H,28,33). The molecule has 8 nitrogen and oxygen atoms in total. The van der Waals surface area contributed by atoms with Crippen molar-refractivity contribution in [3.63, 3.8) is 0 Å². The highest BCUT2D eigenvalue weighted by Crippen LogP contribution is 2.40. The van der Waals surface area contributed by atoms with Crippen molar-refractivity contribution >= 4 is 22.6 Å². The van der Waals surface area contributed by atoms with Gasteiger partial charge in [0.15, 0.2) is 0 Å². The highest BCUT2D eigenvalue weighted by Gasteiger charge is 2.19. The van der Waals surface area contributed by atoms with E-state index in [2.05, 4.69) is 39.2 Å². The third-order valence-electron chi connectivity index (χ3n) is 5.62. The first-order valence-electron chi connectivity index (χ1n) is 10.5. The lowest BCUT2D eigenvalue weighted by atomic mass is 9.97. The lowest BCUT2D eigenvalue weighted by molar-refractivity contribution is -0.111. The highest BCUT2D eigenvalue weighted by atomic mass is 16.1. The van der Waals surface area contributed by atoms with Crippen LogP contribution >= 0.6 is 0 Å². The molecule has 164 valence electrons. The average molecular weight is 438 g/mol. The second kappa shape index (κ2) is 7.90. The summed E-state index contributed by atoms with van der Waals surface area (Å²) in [5.41, 5.74) is 8.03. The van der Waals surface area contributed by atoms with E-state index in [1.54, 1.807) is 9.36 Å². The van der Waals surface area contributed by atoms with E-state index in [4.69, 9.17) is 4.98 Å². The van der Waals surface area contributed by atoms with E-state index in [9.17, 15) is 4.79 Å². The fourth-order valence-corrected chi connectivity index (χ4v) is 3.94. The van der Waals surface area contributed by atoms with Gasteiger partial charge in [0.2, 0.25) is 5.91 Å². The lowest BCUT2D eigenvalue weighted by Gasteiger charge is -2.11. The molecule has 33 heavy (non-hydrogen) atoms. The number of fused-ring (bicyclic) bond motifs is 1. The van der Waals surface area contributed by atoms with Gasteiger partial charge in [0.25, 0.3) is 0 Å². The van der Waals surface area contributed by atoms with Crippen LogP contribution in [-0.4, -0.2) is 35.4 Å². The molecular weight excluding hydrogens is 414 g/mol. The summed E-state index contributed by atoms with van der Waals surface area (Å²) in [5.74, 6) is -0.249. The minimum atomic E-state index is -0.249. The van der Waals surface area contributed by atoms with Crippen LogP contribution in [0.15, 0.2) is 67.8 Å². The van der Waals surface area contributed by atoms with Crippen LogP contribution in [-0.2, 0) is 18.9 Å². The second-order valence-electron chi connectivity index (χ2n) is 8.00. The number of rotatable bonds is 5. The van der Waals surface area contributed by atoms with Crippen LogP contribution in [0.1, 0.15) is 5.56 Å². The Balaban J connectivity index is 1.75. The number of aromatic amines is 1. The van der Waals surface area contributed by atoms with Gasteiger partial charge in [0.05, 0.1) is 17.6 Å². The van der Waals surface area contributed by atoms with E-state index in [0.29, 0.717) is 0 Å². The number of aromatic nitrogens is 6. The predicted octanol–water partition coefficient (Wildman–Crippen LogP) is 4.46. The van der Waals surface area contributed by atoms with Crippen molar-refractivity contribution < 1.29 is 4.79 Å². The number of hydrogen-bond donors (Lipinski definition) is 2. The minimum Gasteiger partial charge on any atom is -0.339 e. The Bertz CT molecular complexity index is 1520. The fourth-order valence-electron chi connectivity index (χ4n) is 3.94. The predicted molar refractivity (Wildman–Crippen MR) is 129 cm³/mol. The number of hydrogen-bond acceptors (Lipinski definition) is 4. The summed E-state index contributed by atoms with van der Waals surface area (Å²) >= 11 is 0. The third-order valence-corrected chi connectivity index (χ3v) is 5.62. The number of carbonyl (C=O) groups is 1. The van der Waals surface area contributed by atoms with E-state index < -0.39 is 0 Å². The van der Waals surface area contributed by atoms with E-state index in [1.165, 1.54) is 6.08 Å². The maximum atomic E-state index is 12.0. The van der Waals surface area contributed by atoms with Crippen molar-refractivity contribution in [1.29, 1.82) is 0 Å². The first kappa shape index (κ1) is 20.4.